The number of hydrogen-bond acceptors (Lipinski definition) is 6. The predicted octanol–water partition coefficient (Wildman–Crippen LogP) is 7.94. The highest BCUT2D eigenvalue weighted by molar-refractivity contribution is 8.17. The number of benzene rings is 2. The first kappa shape index (κ1) is 28.0. The molecule has 0 saturated carbocycles. The SMILES string of the molecule is CCOC(C)OCCCCC1(C[C@@H]2CCO[C@H](c3ccccc3)O2)SCc2cc(C)c(C)cc2CS1. The summed E-state index contributed by atoms with van der Waals surface area (Å²) in [7, 11) is 0. The molecular formula is C30H42O4S2. The molecule has 4 nitrogen and oxygen atoms in total. The van der Waals surface area contributed by atoms with Crippen LogP contribution in [0.5, 0.6) is 0 Å². The first-order chi connectivity index (χ1) is 17.5. The van der Waals surface area contributed by atoms with E-state index in [1.54, 1.807) is 0 Å². The second kappa shape index (κ2) is 13.7. The minimum Gasteiger partial charge on any atom is -0.353 e. The van der Waals surface area contributed by atoms with Crippen molar-refractivity contribution in [3.8, 4) is 0 Å². The van der Waals surface area contributed by atoms with Gasteiger partial charge in [-0.25, -0.2) is 0 Å². The number of hydrogen-bond donors (Lipinski definition) is 0. The summed E-state index contributed by atoms with van der Waals surface area (Å²) >= 11 is 4.26. The maximum atomic E-state index is 6.55. The minimum absolute atomic E-state index is 0.121. The lowest BCUT2D eigenvalue weighted by Gasteiger charge is -2.38. The molecule has 1 fully saturated rings. The van der Waals surface area contributed by atoms with E-state index in [9.17, 15) is 0 Å². The lowest BCUT2D eigenvalue weighted by atomic mass is 10.0. The van der Waals surface area contributed by atoms with Crippen LogP contribution in [0.4, 0.5) is 0 Å². The van der Waals surface area contributed by atoms with Gasteiger partial charge in [-0.15, -0.1) is 23.5 Å². The Morgan fingerprint density at radius 3 is 2.36 bits per heavy atom. The fourth-order valence-corrected chi connectivity index (χ4v) is 8.17. The van der Waals surface area contributed by atoms with E-state index < -0.39 is 0 Å². The van der Waals surface area contributed by atoms with Gasteiger partial charge in [0.25, 0.3) is 0 Å². The van der Waals surface area contributed by atoms with Gasteiger partial charge in [0.2, 0.25) is 0 Å². The molecule has 1 saturated heterocycles. The smallest absolute Gasteiger partial charge is 0.184 e. The number of ether oxygens (including phenoxy) is 4. The average molecular weight is 531 g/mol. The van der Waals surface area contributed by atoms with E-state index in [1.165, 1.54) is 22.3 Å². The summed E-state index contributed by atoms with van der Waals surface area (Å²) in [4.78, 5) is 0. The zero-order valence-corrected chi connectivity index (χ0v) is 23.9. The molecule has 6 heteroatoms. The molecule has 36 heavy (non-hydrogen) atoms. The van der Waals surface area contributed by atoms with Crippen LogP contribution in [0.1, 0.15) is 80.1 Å². The van der Waals surface area contributed by atoms with E-state index in [0.29, 0.717) is 6.61 Å². The summed E-state index contributed by atoms with van der Waals surface area (Å²) in [6.45, 7) is 10.6. The van der Waals surface area contributed by atoms with Crippen molar-refractivity contribution in [2.75, 3.05) is 19.8 Å². The molecule has 0 bridgehead atoms. The highest BCUT2D eigenvalue weighted by atomic mass is 32.2. The Balaban J connectivity index is 1.43. The molecular weight excluding hydrogens is 488 g/mol. The molecule has 0 amide bonds. The summed E-state index contributed by atoms with van der Waals surface area (Å²) in [5.74, 6) is 2.12. The van der Waals surface area contributed by atoms with Gasteiger partial charge in [-0.05, 0) is 82.1 Å². The lowest BCUT2D eigenvalue weighted by Crippen LogP contribution is -2.34. The highest BCUT2D eigenvalue weighted by Gasteiger charge is 2.38. The number of thioether (sulfide) groups is 2. The molecule has 2 aliphatic heterocycles. The van der Waals surface area contributed by atoms with Crippen molar-refractivity contribution in [3.05, 3.63) is 70.3 Å². The van der Waals surface area contributed by atoms with Gasteiger partial charge >= 0.3 is 0 Å². The van der Waals surface area contributed by atoms with Crippen molar-refractivity contribution in [1.82, 2.24) is 0 Å². The summed E-state index contributed by atoms with van der Waals surface area (Å²) in [6, 6.07) is 15.2. The van der Waals surface area contributed by atoms with Gasteiger partial charge in [-0.1, -0.05) is 42.5 Å². The first-order valence-electron chi connectivity index (χ1n) is 13.4. The fraction of sp³-hybridized carbons (Fsp3) is 0.600. The Kier molecular flexibility index (Phi) is 10.6. The van der Waals surface area contributed by atoms with Gasteiger partial charge in [0.15, 0.2) is 12.6 Å². The molecule has 1 unspecified atom stereocenters. The molecule has 198 valence electrons. The van der Waals surface area contributed by atoms with Crippen LogP contribution in [0.2, 0.25) is 0 Å². The van der Waals surface area contributed by atoms with E-state index in [4.69, 9.17) is 18.9 Å². The zero-order chi connectivity index (χ0) is 25.4. The van der Waals surface area contributed by atoms with Crippen LogP contribution in [0.3, 0.4) is 0 Å². The third-order valence-electron chi connectivity index (χ3n) is 7.14. The van der Waals surface area contributed by atoms with Crippen molar-refractivity contribution < 1.29 is 18.9 Å². The van der Waals surface area contributed by atoms with Gasteiger partial charge in [-0.2, -0.15) is 0 Å². The Morgan fingerprint density at radius 2 is 1.69 bits per heavy atom. The van der Waals surface area contributed by atoms with Gasteiger partial charge < -0.3 is 18.9 Å². The second-order valence-corrected chi connectivity index (χ2v) is 12.9. The van der Waals surface area contributed by atoms with Crippen LogP contribution in [0, 0.1) is 13.8 Å². The molecule has 0 N–H and O–H groups in total. The van der Waals surface area contributed by atoms with Crippen molar-refractivity contribution in [2.45, 2.75) is 94.1 Å². The topological polar surface area (TPSA) is 36.9 Å². The molecule has 4 rings (SSSR count). The Labute approximate surface area is 226 Å². The average Bonchev–Trinajstić information content (AvgIpc) is 3.05. The molecule has 0 spiro atoms. The Bertz CT molecular complexity index is 918. The van der Waals surface area contributed by atoms with Crippen LogP contribution in [-0.2, 0) is 30.5 Å². The monoisotopic (exact) mass is 530 g/mol. The quantitative estimate of drug-likeness (QED) is 0.217. The standard InChI is InChI=1S/C30H42O4S2/c1-5-31-24(4)32-15-10-9-14-30(35-20-26-17-22(2)23(3)18-27(26)21-36-30)19-28-13-16-33-29(34-28)25-11-7-6-8-12-25/h6-8,11-12,17-18,24,28-29H,5,9-10,13-16,19-21H2,1-4H3/t24?,28-,29-/m0/s1. The van der Waals surface area contributed by atoms with E-state index in [1.807, 2.05) is 19.9 Å². The third-order valence-corrected chi connectivity index (χ3v) is 10.6. The normalized spacial score (nSPS) is 22.6. The third kappa shape index (κ3) is 7.75. The Hall–Kier alpha value is -1.02. The van der Waals surface area contributed by atoms with E-state index in [0.717, 1.165) is 62.4 Å². The maximum Gasteiger partial charge on any atom is 0.184 e. The number of unbranched alkanes of at least 4 members (excludes halogenated alkanes) is 1. The molecule has 2 aromatic carbocycles. The summed E-state index contributed by atoms with van der Waals surface area (Å²) in [5.41, 5.74) is 6.90. The molecule has 3 atom stereocenters. The van der Waals surface area contributed by atoms with Crippen LogP contribution in [0.15, 0.2) is 42.5 Å². The molecule has 2 heterocycles. The van der Waals surface area contributed by atoms with Gasteiger partial charge in [0.05, 0.1) is 16.8 Å². The molecule has 2 aromatic rings. The Morgan fingerprint density at radius 1 is 1.00 bits per heavy atom. The van der Waals surface area contributed by atoms with E-state index >= 15 is 0 Å². The maximum absolute atomic E-state index is 6.55. The van der Waals surface area contributed by atoms with Crippen LogP contribution in [0.25, 0.3) is 0 Å². The van der Waals surface area contributed by atoms with Crippen LogP contribution < -0.4 is 0 Å². The number of fused-ring (bicyclic) bond motifs is 1. The summed E-state index contributed by atoms with van der Waals surface area (Å²) in [5, 5.41) is 0. The number of rotatable bonds is 11. The van der Waals surface area contributed by atoms with Gasteiger partial charge in [0, 0.05) is 30.3 Å². The highest BCUT2D eigenvalue weighted by Crippen LogP contribution is 2.52. The van der Waals surface area contributed by atoms with Crippen molar-refractivity contribution >= 4 is 23.5 Å². The lowest BCUT2D eigenvalue weighted by molar-refractivity contribution is -0.218. The van der Waals surface area contributed by atoms with Crippen LogP contribution in [-0.4, -0.2) is 36.3 Å². The summed E-state index contributed by atoms with van der Waals surface area (Å²) < 4.78 is 24.0. The van der Waals surface area contributed by atoms with Crippen LogP contribution >= 0.6 is 23.5 Å². The van der Waals surface area contributed by atoms with E-state index in [2.05, 4.69) is 73.8 Å². The van der Waals surface area contributed by atoms with E-state index in [-0.39, 0.29) is 22.8 Å². The van der Waals surface area contributed by atoms with Crippen molar-refractivity contribution in [2.24, 2.45) is 0 Å². The molecule has 2 aliphatic rings. The molecule has 0 aliphatic carbocycles. The van der Waals surface area contributed by atoms with Crippen molar-refractivity contribution in [1.29, 1.82) is 0 Å². The predicted molar refractivity (Wildman–Crippen MR) is 151 cm³/mol. The van der Waals surface area contributed by atoms with Gasteiger partial charge in [0.1, 0.15) is 0 Å². The molecule has 0 radical (unpaired) electrons. The minimum atomic E-state index is -0.265. The second-order valence-electron chi connectivity index (χ2n) is 9.91. The van der Waals surface area contributed by atoms with Gasteiger partial charge in [-0.3, -0.25) is 0 Å². The summed E-state index contributed by atoms with van der Waals surface area (Å²) in [6.07, 6.45) is 5.13. The van der Waals surface area contributed by atoms with Crippen molar-refractivity contribution in [3.63, 3.8) is 0 Å². The first-order valence-corrected chi connectivity index (χ1v) is 15.4. The molecule has 0 aromatic heterocycles. The zero-order valence-electron chi connectivity index (χ0n) is 22.3. The fourth-order valence-electron chi connectivity index (χ4n) is 4.93. The number of aryl methyl sites for hydroxylation is 2. The largest absolute Gasteiger partial charge is 0.353 e.